The van der Waals surface area contributed by atoms with Gasteiger partial charge in [0.25, 0.3) is 0 Å². The lowest BCUT2D eigenvalue weighted by Gasteiger charge is -2.10. The van der Waals surface area contributed by atoms with Crippen molar-refractivity contribution in [1.82, 2.24) is 0 Å². The monoisotopic (exact) mass is 277 g/mol. The van der Waals surface area contributed by atoms with Gasteiger partial charge in [-0.2, -0.15) is 0 Å². The quantitative estimate of drug-likeness (QED) is 0.584. The van der Waals surface area contributed by atoms with E-state index >= 15 is 0 Å². The second-order valence-electron chi connectivity index (χ2n) is 4.18. The van der Waals surface area contributed by atoms with Crippen LogP contribution in [-0.2, 0) is 4.74 Å². The highest BCUT2D eigenvalue weighted by atomic mass is 16.5. The molecule has 0 spiro atoms. The summed E-state index contributed by atoms with van der Waals surface area (Å²) in [6, 6.07) is 5.54. The van der Waals surface area contributed by atoms with Crippen molar-refractivity contribution in [2.75, 3.05) is 33.5 Å². The molecule has 20 heavy (non-hydrogen) atoms. The number of nitrogens with two attached hydrogens (primary N) is 1. The average Bonchev–Trinajstić information content (AvgIpc) is 2.49. The van der Waals surface area contributed by atoms with E-state index in [1.165, 1.54) is 0 Å². The highest BCUT2D eigenvalue weighted by Gasteiger charge is 2.03. The first-order valence-electron chi connectivity index (χ1n) is 6.89. The number of unbranched alkanes of at least 4 members (excludes halogenated alkanes) is 1. The first-order valence-corrected chi connectivity index (χ1v) is 6.89. The summed E-state index contributed by atoms with van der Waals surface area (Å²) >= 11 is 0. The van der Waals surface area contributed by atoms with Gasteiger partial charge in [-0.25, -0.2) is 0 Å². The van der Waals surface area contributed by atoms with E-state index in [1.807, 2.05) is 18.2 Å². The summed E-state index contributed by atoms with van der Waals surface area (Å²) in [6.45, 7) is 4.32. The molecule has 0 saturated heterocycles. The highest BCUT2D eigenvalue weighted by molar-refractivity contribution is 5.50. The molecule has 0 bridgehead atoms. The van der Waals surface area contributed by atoms with Gasteiger partial charge in [-0.15, -0.1) is 0 Å². The molecule has 0 atom stereocenters. The van der Waals surface area contributed by atoms with Gasteiger partial charge in [0.1, 0.15) is 18.1 Å². The van der Waals surface area contributed by atoms with Crippen LogP contribution in [0.15, 0.2) is 18.2 Å². The lowest BCUT2D eigenvalue weighted by molar-refractivity contribution is 0.0979. The van der Waals surface area contributed by atoms with Crippen molar-refractivity contribution < 1.29 is 14.2 Å². The minimum absolute atomic E-state index is 0.316. The molecule has 1 aromatic rings. The Bertz CT molecular complexity index is 449. The fourth-order valence-electron chi connectivity index (χ4n) is 1.56. The SMILES string of the molecule is CCCCOCCOc1ccc(OC)cc1C#CCN. The Kier molecular flexibility index (Phi) is 8.28. The van der Waals surface area contributed by atoms with Gasteiger partial charge in [0.2, 0.25) is 0 Å². The molecule has 0 unspecified atom stereocenters. The zero-order valence-electron chi connectivity index (χ0n) is 12.3. The molecule has 0 aliphatic rings. The third-order valence-corrected chi connectivity index (χ3v) is 2.64. The Morgan fingerprint density at radius 3 is 2.75 bits per heavy atom. The normalized spacial score (nSPS) is 9.75. The van der Waals surface area contributed by atoms with Gasteiger partial charge in [-0.3, -0.25) is 0 Å². The van der Waals surface area contributed by atoms with E-state index in [4.69, 9.17) is 19.9 Å². The molecule has 2 N–H and O–H groups in total. The first kappa shape index (κ1) is 16.4. The second-order valence-corrected chi connectivity index (χ2v) is 4.18. The van der Waals surface area contributed by atoms with E-state index in [1.54, 1.807) is 7.11 Å². The number of rotatable bonds is 8. The number of hydrogen-bond donors (Lipinski definition) is 1. The lowest BCUT2D eigenvalue weighted by atomic mass is 10.2. The van der Waals surface area contributed by atoms with Gasteiger partial charge in [-0.05, 0) is 24.6 Å². The fraction of sp³-hybridized carbons (Fsp3) is 0.500. The average molecular weight is 277 g/mol. The van der Waals surface area contributed by atoms with Gasteiger partial charge in [0.05, 0.1) is 25.8 Å². The predicted octanol–water partition coefficient (Wildman–Crippen LogP) is 2.20. The van der Waals surface area contributed by atoms with Gasteiger partial charge in [-0.1, -0.05) is 25.2 Å². The minimum atomic E-state index is 0.316. The summed E-state index contributed by atoms with van der Waals surface area (Å²) in [5.41, 5.74) is 6.18. The van der Waals surface area contributed by atoms with Crippen molar-refractivity contribution in [3.8, 4) is 23.3 Å². The number of benzene rings is 1. The predicted molar refractivity (Wildman–Crippen MR) is 80.1 cm³/mol. The van der Waals surface area contributed by atoms with Crippen LogP contribution in [0.3, 0.4) is 0 Å². The van der Waals surface area contributed by atoms with Gasteiger partial charge >= 0.3 is 0 Å². The Hall–Kier alpha value is -1.70. The molecule has 0 fully saturated rings. The van der Waals surface area contributed by atoms with E-state index in [0.29, 0.717) is 19.8 Å². The van der Waals surface area contributed by atoms with Crippen molar-refractivity contribution in [3.05, 3.63) is 23.8 Å². The molecule has 0 heterocycles. The van der Waals surface area contributed by atoms with Crippen LogP contribution in [0.4, 0.5) is 0 Å². The van der Waals surface area contributed by atoms with E-state index < -0.39 is 0 Å². The van der Waals surface area contributed by atoms with Crippen LogP contribution in [0.25, 0.3) is 0 Å². The summed E-state index contributed by atoms with van der Waals surface area (Å²) < 4.78 is 16.3. The first-order chi connectivity index (χ1) is 9.81. The Labute approximate surface area is 121 Å². The summed E-state index contributed by atoms with van der Waals surface area (Å²) in [7, 11) is 1.62. The minimum Gasteiger partial charge on any atom is -0.497 e. The molecule has 110 valence electrons. The molecule has 1 rings (SSSR count). The van der Waals surface area contributed by atoms with Crippen LogP contribution < -0.4 is 15.2 Å². The zero-order valence-corrected chi connectivity index (χ0v) is 12.3. The van der Waals surface area contributed by atoms with Crippen LogP contribution in [0.5, 0.6) is 11.5 Å². The Morgan fingerprint density at radius 1 is 1.20 bits per heavy atom. The van der Waals surface area contributed by atoms with Gasteiger partial charge in [0.15, 0.2) is 0 Å². The maximum atomic E-state index is 5.69. The summed E-state index contributed by atoms with van der Waals surface area (Å²) in [5.74, 6) is 7.29. The van der Waals surface area contributed by atoms with E-state index in [2.05, 4.69) is 18.8 Å². The molecule has 0 aliphatic heterocycles. The molecule has 1 aromatic carbocycles. The molecule has 4 heteroatoms. The zero-order chi connectivity index (χ0) is 14.6. The number of methoxy groups -OCH3 is 1. The van der Waals surface area contributed by atoms with Crippen molar-refractivity contribution >= 4 is 0 Å². The van der Waals surface area contributed by atoms with Gasteiger partial charge in [0, 0.05) is 6.61 Å². The molecular weight excluding hydrogens is 254 g/mol. The summed E-state index contributed by atoms with van der Waals surface area (Å²) in [5, 5.41) is 0. The van der Waals surface area contributed by atoms with Crippen molar-refractivity contribution in [2.24, 2.45) is 5.73 Å². The fourth-order valence-corrected chi connectivity index (χ4v) is 1.56. The molecule has 0 aliphatic carbocycles. The van der Waals surface area contributed by atoms with Crippen LogP contribution in [-0.4, -0.2) is 33.5 Å². The van der Waals surface area contributed by atoms with Crippen LogP contribution >= 0.6 is 0 Å². The van der Waals surface area contributed by atoms with Crippen LogP contribution in [0, 0.1) is 11.8 Å². The summed E-state index contributed by atoms with van der Waals surface area (Å²) in [4.78, 5) is 0. The summed E-state index contributed by atoms with van der Waals surface area (Å²) in [6.07, 6.45) is 2.22. The standard InChI is InChI=1S/C16H23NO3/c1-3-4-10-19-11-12-20-16-8-7-15(18-2)13-14(16)6-5-9-17/h7-8,13H,3-4,9-12,17H2,1-2H3. The Balaban J connectivity index is 2.55. The Morgan fingerprint density at radius 2 is 2.05 bits per heavy atom. The third-order valence-electron chi connectivity index (χ3n) is 2.64. The lowest BCUT2D eigenvalue weighted by Crippen LogP contribution is -2.08. The van der Waals surface area contributed by atoms with Gasteiger partial charge < -0.3 is 19.9 Å². The van der Waals surface area contributed by atoms with E-state index in [0.717, 1.165) is 36.5 Å². The van der Waals surface area contributed by atoms with E-state index in [9.17, 15) is 0 Å². The highest BCUT2D eigenvalue weighted by Crippen LogP contribution is 2.23. The molecule has 0 aromatic heterocycles. The number of hydrogen-bond acceptors (Lipinski definition) is 4. The maximum absolute atomic E-state index is 5.69. The van der Waals surface area contributed by atoms with E-state index in [-0.39, 0.29) is 0 Å². The van der Waals surface area contributed by atoms with Crippen molar-refractivity contribution in [3.63, 3.8) is 0 Å². The molecular formula is C16H23NO3. The maximum Gasteiger partial charge on any atom is 0.135 e. The largest absolute Gasteiger partial charge is 0.497 e. The third kappa shape index (κ3) is 5.96. The second kappa shape index (κ2) is 10.1. The molecule has 4 nitrogen and oxygen atoms in total. The van der Waals surface area contributed by atoms with Crippen LogP contribution in [0.2, 0.25) is 0 Å². The van der Waals surface area contributed by atoms with Crippen LogP contribution in [0.1, 0.15) is 25.3 Å². The molecule has 0 saturated carbocycles. The smallest absolute Gasteiger partial charge is 0.135 e. The molecule has 0 amide bonds. The van der Waals surface area contributed by atoms with Crippen molar-refractivity contribution in [1.29, 1.82) is 0 Å². The topological polar surface area (TPSA) is 53.7 Å². The molecule has 0 radical (unpaired) electrons. The van der Waals surface area contributed by atoms with Crippen molar-refractivity contribution in [2.45, 2.75) is 19.8 Å². The number of ether oxygens (including phenoxy) is 3.